The zero-order chi connectivity index (χ0) is 14.8. The molecule has 0 radical (unpaired) electrons. The highest BCUT2D eigenvalue weighted by atomic mass is 16.5. The molecule has 0 amide bonds. The van der Waals surface area contributed by atoms with E-state index < -0.39 is 0 Å². The second-order valence-electron chi connectivity index (χ2n) is 6.17. The van der Waals surface area contributed by atoms with Gasteiger partial charge in [0.05, 0.1) is 6.10 Å². The van der Waals surface area contributed by atoms with Crippen LogP contribution in [0.2, 0.25) is 0 Å². The summed E-state index contributed by atoms with van der Waals surface area (Å²) in [7, 11) is 0. The largest absolute Gasteiger partial charge is 0.379 e. The lowest BCUT2D eigenvalue weighted by Gasteiger charge is -2.21. The summed E-state index contributed by atoms with van der Waals surface area (Å²) in [4.78, 5) is 0. The topological polar surface area (TPSA) is 21.3 Å². The first kappa shape index (κ1) is 17.2. The lowest BCUT2D eigenvalue weighted by atomic mass is 9.97. The number of benzene rings is 1. The maximum atomic E-state index is 5.57. The van der Waals surface area contributed by atoms with Gasteiger partial charge in [0.15, 0.2) is 0 Å². The highest BCUT2D eigenvalue weighted by Crippen LogP contribution is 2.20. The lowest BCUT2D eigenvalue weighted by Crippen LogP contribution is -2.24. The third-order valence-electron chi connectivity index (χ3n) is 3.32. The third-order valence-corrected chi connectivity index (χ3v) is 3.32. The summed E-state index contributed by atoms with van der Waals surface area (Å²) in [5.41, 5.74) is 1.40. The van der Waals surface area contributed by atoms with Gasteiger partial charge in [0.1, 0.15) is 0 Å². The zero-order valence-electron chi connectivity index (χ0n) is 13.6. The van der Waals surface area contributed by atoms with E-state index in [1.165, 1.54) is 18.4 Å². The average molecular weight is 277 g/mol. The molecular formula is C18H31NO. The Morgan fingerprint density at radius 3 is 2.30 bits per heavy atom. The summed E-state index contributed by atoms with van der Waals surface area (Å²) in [5, 5.41) is 3.70. The van der Waals surface area contributed by atoms with Crippen LogP contribution in [0.1, 0.15) is 58.6 Å². The molecule has 1 aromatic carbocycles. The SMILES string of the molecule is CC(C)CC(NCCCCOC(C)C)c1ccccc1. The molecule has 2 heteroatoms. The van der Waals surface area contributed by atoms with Crippen LogP contribution in [0, 0.1) is 5.92 Å². The summed E-state index contributed by atoms with van der Waals surface area (Å²) in [6, 6.07) is 11.3. The molecule has 0 saturated heterocycles. The molecule has 0 spiro atoms. The minimum Gasteiger partial charge on any atom is -0.379 e. The van der Waals surface area contributed by atoms with Crippen LogP contribution >= 0.6 is 0 Å². The fourth-order valence-electron chi connectivity index (χ4n) is 2.32. The smallest absolute Gasteiger partial charge is 0.0518 e. The lowest BCUT2D eigenvalue weighted by molar-refractivity contribution is 0.0759. The predicted octanol–water partition coefficient (Wildman–Crippen LogP) is 4.57. The first-order chi connectivity index (χ1) is 9.59. The average Bonchev–Trinajstić information content (AvgIpc) is 2.41. The Bertz CT molecular complexity index is 335. The summed E-state index contributed by atoms with van der Waals surface area (Å²) in [5.74, 6) is 0.706. The molecule has 0 saturated carbocycles. The van der Waals surface area contributed by atoms with Crippen molar-refractivity contribution in [2.75, 3.05) is 13.2 Å². The fraction of sp³-hybridized carbons (Fsp3) is 0.667. The van der Waals surface area contributed by atoms with Gasteiger partial charge in [-0.25, -0.2) is 0 Å². The summed E-state index contributed by atoms with van der Waals surface area (Å²) in [6.45, 7) is 10.7. The highest BCUT2D eigenvalue weighted by Gasteiger charge is 2.11. The van der Waals surface area contributed by atoms with Gasteiger partial charge >= 0.3 is 0 Å². The Hall–Kier alpha value is -0.860. The summed E-state index contributed by atoms with van der Waals surface area (Å²) < 4.78 is 5.57. The van der Waals surface area contributed by atoms with Crippen LogP contribution in [0.15, 0.2) is 30.3 Å². The van der Waals surface area contributed by atoms with Gasteiger partial charge in [0.25, 0.3) is 0 Å². The van der Waals surface area contributed by atoms with Crippen LogP contribution in [0.25, 0.3) is 0 Å². The minimum absolute atomic E-state index is 0.348. The molecule has 20 heavy (non-hydrogen) atoms. The molecule has 0 aliphatic carbocycles. The van der Waals surface area contributed by atoms with Crippen molar-refractivity contribution in [1.82, 2.24) is 5.32 Å². The maximum absolute atomic E-state index is 5.57. The molecule has 1 atom stereocenters. The second kappa shape index (κ2) is 9.95. The monoisotopic (exact) mass is 277 g/mol. The molecule has 0 aliphatic rings. The van der Waals surface area contributed by atoms with Crippen LogP contribution in [0.3, 0.4) is 0 Å². The van der Waals surface area contributed by atoms with E-state index >= 15 is 0 Å². The van der Waals surface area contributed by atoms with Gasteiger partial charge in [-0.05, 0) is 51.1 Å². The molecule has 1 unspecified atom stereocenters. The van der Waals surface area contributed by atoms with Crippen LogP contribution < -0.4 is 5.32 Å². The van der Waals surface area contributed by atoms with Crippen LogP contribution in [0.4, 0.5) is 0 Å². The van der Waals surface area contributed by atoms with E-state index in [0.717, 1.165) is 19.6 Å². The van der Waals surface area contributed by atoms with Gasteiger partial charge in [-0.1, -0.05) is 44.2 Å². The number of hydrogen-bond donors (Lipinski definition) is 1. The normalized spacial score (nSPS) is 13.1. The second-order valence-corrected chi connectivity index (χ2v) is 6.17. The maximum Gasteiger partial charge on any atom is 0.0518 e. The molecule has 0 heterocycles. The first-order valence-electron chi connectivity index (χ1n) is 7.99. The van der Waals surface area contributed by atoms with E-state index in [2.05, 4.69) is 63.3 Å². The van der Waals surface area contributed by atoms with E-state index in [1.807, 2.05) is 0 Å². The Labute approximate surface area is 124 Å². The van der Waals surface area contributed by atoms with Gasteiger partial charge < -0.3 is 10.1 Å². The zero-order valence-corrected chi connectivity index (χ0v) is 13.6. The Morgan fingerprint density at radius 2 is 1.70 bits per heavy atom. The molecular weight excluding hydrogens is 246 g/mol. The van der Waals surface area contributed by atoms with Gasteiger partial charge in [-0.2, -0.15) is 0 Å². The molecule has 1 rings (SSSR count). The minimum atomic E-state index is 0.348. The number of rotatable bonds is 10. The third kappa shape index (κ3) is 7.66. The van der Waals surface area contributed by atoms with Crippen molar-refractivity contribution in [1.29, 1.82) is 0 Å². The van der Waals surface area contributed by atoms with Gasteiger partial charge in [0, 0.05) is 12.6 Å². The van der Waals surface area contributed by atoms with Gasteiger partial charge in [-0.15, -0.1) is 0 Å². The number of nitrogens with one attached hydrogen (secondary N) is 1. The summed E-state index contributed by atoms with van der Waals surface area (Å²) >= 11 is 0. The van der Waals surface area contributed by atoms with Gasteiger partial charge in [0.2, 0.25) is 0 Å². The molecule has 0 fully saturated rings. The van der Waals surface area contributed by atoms with Crippen molar-refractivity contribution >= 4 is 0 Å². The molecule has 2 nitrogen and oxygen atoms in total. The standard InChI is InChI=1S/C18H31NO/c1-15(2)14-18(17-10-6-5-7-11-17)19-12-8-9-13-20-16(3)4/h5-7,10-11,15-16,18-19H,8-9,12-14H2,1-4H3. The van der Waals surface area contributed by atoms with E-state index in [1.54, 1.807) is 0 Å². The number of ether oxygens (including phenoxy) is 1. The van der Waals surface area contributed by atoms with Crippen LogP contribution in [-0.2, 0) is 4.74 Å². The highest BCUT2D eigenvalue weighted by molar-refractivity contribution is 5.18. The van der Waals surface area contributed by atoms with Crippen molar-refractivity contribution in [3.63, 3.8) is 0 Å². The quantitative estimate of drug-likeness (QED) is 0.633. The Morgan fingerprint density at radius 1 is 1.00 bits per heavy atom. The van der Waals surface area contributed by atoms with Crippen LogP contribution in [-0.4, -0.2) is 19.3 Å². The number of hydrogen-bond acceptors (Lipinski definition) is 2. The van der Waals surface area contributed by atoms with Gasteiger partial charge in [-0.3, -0.25) is 0 Å². The van der Waals surface area contributed by atoms with E-state index in [-0.39, 0.29) is 0 Å². The molecule has 114 valence electrons. The van der Waals surface area contributed by atoms with Crippen molar-refractivity contribution < 1.29 is 4.74 Å². The molecule has 0 bridgehead atoms. The fourth-order valence-corrected chi connectivity index (χ4v) is 2.32. The molecule has 1 N–H and O–H groups in total. The number of unbranched alkanes of at least 4 members (excludes halogenated alkanes) is 1. The van der Waals surface area contributed by atoms with E-state index in [0.29, 0.717) is 18.1 Å². The van der Waals surface area contributed by atoms with Crippen molar-refractivity contribution in [3.05, 3.63) is 35.9 Å². The van der Waals surface area contributed by atoms with Crippen LogP contribution in [0.5, 0.6) is 0 Å². The Balaban J connectivity index is 2.31. The van der Waals surface area contributed by atoms with Crippen molar-refractivity contribution in [2.24, 2.45) is 5.92 Å². The Kier molecular flexibility index (Phi) is 8.56. The van der Waals surface area contributed by atoms with Crippen molar-refractivity contribution in [2.45, 2.75) is 59.1 Å². The molecule has 1 aromatic rings. The van der Waals surface area contributed by atoms with E-state index in [9.17, 15) is 0 Å². The first-order valence-corrected chi connectivity index (χ1v) is 7.99. The van der Waals surface area contributed by atoms with Crippen molar-refractivity contribution in [3.8, 4) is 0 Å². The molecule has 0 aromatic heterocycles. The molecule has 0 aliphatic heterocycles. The summed E-state index contributed by atoms with van der Waals surface area (Å²) in [6.07, 6.45) is 3.84. The van der Waals surface area contributed by atoms with E-state index in [4.69, 9.17) is 4.74 Å². The predicted molar refractivity (Wildman–Crippen MR) is 87.0 cm³/mol.